The van der Waals surface area contributed by atoms with Gasteiger partial charge in [-0.3, -0.25) is 4.79 Å². The van der Waals surface area contributed by atoms with Crippen molar-refractivity contribution in [2.45, 2.75) is 13.0 Å². The van der Waals surface area contributed by atoms with E-state index >= 15 is 0 Å². The first-order chi connectivity index (χ1) is 15.2. The van der Waals surface area contributed by atoms with Gasteiger partial charge in [-0.05, 0) is 23.9 Å². The zero-order valence-corrected chi connectivity index (χ0v) is 17.3. The molecule has 2 N–H and O–H groups in total. The van der Waals surface area contributed by atoms with Crippen LogP contribution in [0.2, 0.25) is 0 Å². The molecule has 0 amide bonds. The van der Waals surface area contributed by atoms with E-state index in [9.17, 15) is 4.79 Å². The van der Waals surface area contributed by atoms with Gasteiger partial charge in [0.2, 0.25) is 0 Å². The van der Waals surface area contributed by atoms with Gasteiger partial charge in [-0.15, -0.1) is 0 Å². The van der Waals surface area contributed by atoms with Gasteiger partial charge in [-0.2, -0.15) is 0 Å². The molecule has 0 unspecified atom stereocenters. The number of benzene rings is 1. The molecule has 1 fully saturated rings. The predicted octanol–water partition coefficient (Wildman–Crippen LogP) is 2.00. The van der Waals surface area contributed by atoms with Gasteiger partial charge in [0.25, 0.3) is 0 Å². The number of nitrogen functional groups attached to an aromatic ring is 1. The molecule has 0 bridgehead atoms. The van der Waals surface area contributed by atoms with E-state index in [1.807, 2.05) is 24.4 Å². The Labute approximate surface area is 181 Å². The summed E-state index contributed by atoms with van der Waals surface area (Å²) in [6, 6.07) is 10.1. The molecule has 0 atom stereocenters. The number of pyridine rings is 1. The van der Waals surface area contributed by atoms with Crippen LogP contribution in [-0.4, -0.2) is 58.9 Å². The summed E-state index contributed by atoms with van der Waals surface area (Å²) in [6.07, 6.45) is 6.76. The molecule has 3 aromatic rings. The molecule has 2 aliphatic rings. The van der Waals surface area contributed by atoms with Crippen LogP contribution in [0.4, 0.5) is 17.5 Å². The molecule has 1 aromatic carbocycles. The van der Waals surface area contributed by atoms with Crippen LogP contribution < -0.4 is 15.5 Å². The summed E-state index contributed by atoms with van der Waals surface area (Å²) in [5.74, 6) is 2.48. The van der Waals surface area contributed by atoms with Crippen molar-refractivity contribution in [2.24, 2.45) is 0 Å². The average molecular weight is 416 g/mol. The molecular weight excluding hydrogens is 390 g/mol. The molecule has 5 rings (SSSR count). The minimum atomic E-state index is 0.532. The molecule has 4 heterocycles. The molecule has 31 heavy (non-hydrogen) atoms. The third-order valence-corrected chi connectivity index (χ3v) is 6.01. The Kier molecular flexibility index (Phi) is 5.11. The van der Waals surface area contributed by atoms with Crippen LogP contribution in [0.5, 0.6) is 0 Å². The number of piperazine rings is 1. The lowest BCUT2D eigenvalue weighted by molar-refractivity contribution is -0.104. The topological polar surface area (TPSA) is 91.5 Å². The van der Waals surface area contributed by atoms with Gasteiger partial charge in [0.1, 0.15) is 30.1 Å². The normalized spacial score (nSPS) is 16.7. The fraction of sp³-hybridized carbons (Fsp3) is 0.304. The summed E-state index contributed by atoms with van der Waals surface area (Å²) >= 11 is 0. The molecule has 158 valence electrons. The van der Waals surface area contributed by atoms with Gasteiger partial charge in [-0.1, -0.05) is 24.3 Å². The summed E-state index contributed by atoms with van der Waals surface area (Å²) in [6.45, 7) is 5.02. The Morgan fingerprint density at radius 1 is 0.968 bits per heavy atom. The number of aromatic nitrogens is 3. The molecule has 8 heteroatoms. The van der Waals surface area contributed by atoms with Gasteiger partial charge < -0.3 is 20.4 Å². The Bertz CT molecular complexity index is 1140. The third-order valence-electron chi connectivity index (χ3n) is 6.01. The molecular formula is C23H25N7O. The standard InChI is InChI=1S/C23H25N7O/c24-21-14-17-4-1-2-5-18(17)23(27-21)30-8-6-19-20(15-30)25-16-26-22(19)29-11-9-28(10-12-29)7-3-13-31/h1-5,7,13-14,16H,6,8-12,15H2,(H2,24,27). The van der Waals surface area contributed by atoms with E-state index in [2.05, 4.69) is 41.8 Å². The van der Waals surface area contributed by atoms with E-state index < -0.39 is 0 Å². The maximum Gasteiger partial charge on any atom is 0.144 e. The van der Waals surface area contributed by atoms with Crippen molar-refractivity contribution in [3.05, 3.63) is 60.2 Å². The van der Waals surface area contributed by atoms with E-state index in [-0.39, 0.29) is 0 Å². The maximum absolute atomic E-state index is 10.6. The molecule has 8 nitrogen and oxygen atoms in total. The third kappa shape index (κ3) is 3.76. The maximum atomic E-state index is 10.6. The lowest BCUT2D eigenvalue weighted by atomic mass is 10.0. The summed E-state index contributed by atoms with van der Waals surface area (Å²) in [7, 11) is 0. The van der Waals surface area contributed by atoms with Crippen LogP contribution in [0.15, 0.2) is 48.9 Å². The predicted molar refractivity (Wildman–Crippen MR) is 122 cm³/mol. The summed E-state index contributed by atoms with van der Waals surface area (Å²) in [5, 5.41) is 2.20. The van der Waals surface area contributed by atoms with Gasteiger partial charge in [0, 0.05) is 49.9 Å². The monoisotopic (exact) mass is 415 g/mol. The van der Waals surface area contributed by atoms with Gasteiger partial charge in [0.05, 0.1) is 12.2 Å². The van der Waals surface area contributed by atoms with Crippen molar-refractivity contribution in [3.63, 3.8) is 0 Å². The van der Waals surface area contributed by atoms with E-state index in [1.165, 1.54) is 5.56 Å². The number of nitrogens with two attached hydrogens (primary N) is 1. The fourth-order valence-corrected chi connectivity index (χ4v) is 4.47. The zero-order chi connectivity index (χ0) is 21.2. The first-order valence-corrected chi connectivity index (χ1v) is 10.6. The Morgan fingerprint density at radius 3 is 2.65 bits per heavy atom. The number of nitrogens with zero attached hydrogens (tertiary/aromatic N) is 6. The summed E-state index contributed by atoms with van der Waals surface area (Å²) in [5.41, 5.74) is 8.37. The number of rotatable bonds is 4. The van der Waals surface area contributed by atoms with Crippen LogP contribution in [0.1, 0.15) is 11.3 Å². The second-order valence-corrected chi connectivity index (χ2v) is 7.89. The van der Waals surface area contributed by atoms with Crippen molar-refractivity contribution < 1.29 is 4.79 Å². The lowest BCUT2D eigenvalue weighted by Crippen LogP contribution is -2.45. The first kappa shape index (κ1) is 19.3. The van der Waals surface area contributed by atoms with Gasteiger partial charge in [-0.25, -0.2) is 15.0 Å². The van der Waals surface area contributed by atoms with Gasteiger partial charge in [0.15, 0.2) is 0 Å². The average Bonchev–Trinajstić information content (AvgIpc) is 2.82. The Morgan fingerprint density at radius 2 is 1.81 bits per heavy atom. The highest BCUT2D eigenvalue weighted by Gasteiger charge is 2.26. The summed E-state index contributed by atoms with van der Waals surface area (Å²) < 4.78 is 0. The molecule has 2 aromatic heterocycles. The number of hydrogen-bond donors (Lipinski definition) is 1. The van der Waals surface area contributed by atoms with Crippen LogP contribution in [0.25, 0.3) is 10.8 Å². The molecule has 0 aliphatic carbocycles. The highest BCUT2D eigenvalue weighted by Crippen LogP contribution is 2.32. The van der Waals surface area contributed by atoms with E-state index in [4.69, 9.17) is 5.73 Å². The molecule has 0 spiro atoms. The van der Waals surface area contributed by atoms with Crippen LogP contribution in [0, 0.1) is 0 Å². The number of anilines is 3. The smallest absolute Gasteiger partial charge is 0.144 e. The molecule has 0 radical (unpaired) electrons. The van der Waals surface area contributed by atoms with Crippen LogP contribution >= 0.6 is 0 Å². The number of aldehydes is 1. The minimum Gasteiger partial charge on any atom is -0.384 e. The fourth-order valence-electron chi connectivity index (χ4n) is 4.47. The molecule has 2 aliphatic heterocycles. The first-order valence-electron chi connectivity index (χ1n) is 10.6. The minimum absolute atomic E-state index is 0.532. The highest BCUT2D eigenvalue weighted by molar-refractivity contribution is 5.94. The number of carbonyl (C=O) groups excluding carboxylic acids is 1. The second kappa shape index (κ2) is 8.22. The van der Waals surface area contributed by atoms with E-state index in [1.54, 1.807) is 12.4 Å². The van der Waals surface area contributed by atoms with E-state index in [0.717, 1.165) is 73.5 Å². The van der Waals surface area contributed by atoms with Crippen LogP contribution in [-0.2, 0) is 17.8 Å². The Hall–Kier alpha value is -3.68. The van der Waals surface area contributed by atoms with Crippen molar-refractivity contribution in [1.29, 1.82) is 0 Å². The zero-order valence-electron chi connectivity index (χ0n) is 17.3. The number of allylic oxidation sites excluding steroid dienone is 1. The van der Waals surface area contributed by atoms with Crippen molar-refractivity contribution in [1.82, 2.24) is 19.9 Å². The van der Waals surface area contributed by atoms with Crippen LogP contribution in [0.3, 0.4) is 0 Å². The SMILES string of the molecule is Nc1cc2ccccc2c(N2CCc3c(ncnc3N3CCN(C=CC=O)CC3)C2)n1. The largest absolute Gasteiger partial charge is 0.384 e. The molecule has 1 saturated heterocycles. The summed E-state index contributed by atoms with van der Waals surface area (Å²) in [4.78, 5) is 31.2. The lowest BCUT2D eigenvalue weighted by Gasteiger charge is -2.37. The van der Waals surface area contributed by atoms with Crippen molar-refractivity contribution in [3.8, 4) is 0 Å². The van der Waals surface area contributed by atoms with Crippen molar-refractivity contribution in [2.75, 3.05) is 48.3 Å². The number of hydrogen-bond acceptors (Lipinski definition) is 8. The number of carbonyl (C=O) groups is 1. The molecule has 0 saturated carbocycles. The van der Waals surface area contributed by atoms with Gasteiger partial charge >= 0.3 is 0 Å². The quantitative estimate of drug-likeness (QED) is 0.511. The van der Waals surface area contributed by atoms with E-state index in [0.29, 0.717) is 12.4 Å². The second-order valence-electron chi connectivity index (χ2n) is 7.89. The Balaban J connectivity index is 1.39. The number of fused-ring (bicyclic) bond motifs is 2. The highest BCUT2D eigenvalue weighted by atomic mass is 16.1. The van der Waals surface area contributed by atoms with Crippen molar-refractivity contribution >= 4 is 34.5 Å².